The van der Waals surface area contributed by atoms with Gasteiger partial charge in [0.25, 0.3) is 5.91 Å². The minimum absolute atomic E-state index is 0.131. The molecule has 1 amide bonds. The lowest BCUT2D eigenvalue weighted by molar-refractivity contribution is 0.0781. The lowest BCUT2D eigenvalue weighted by Crippen LogP contribution is -2.31. The van der Waals surface area contributed by atoms with E-state index >= 15 is 0 Å². The standard InChI is InChI=1S/C13H17N3O/c1-9-2-3-10(6-15-9)13(17)16-7-11-4-14-5-12(11)8-16/h2-3,6,11-12,14H,4-5,7-8H2,1H3/t11-,12+. The van der Waals surface area contributed by atoms with Crippen LogP contribution >= 0.6 is 0 Å². The van der Waals surface area contributed by atoms with Crippen molar-refractivity contribution in [3.05, 3.63) is 29.6 Å². The largest absolute Gasteiger partial charge is 0.338 e. The van der Waals surface area contributed by atoms with Gasteiger partial charge in [-0.1, -0.05) is 0 Å². The number of likely N-dealkylation sites (tertiary alicyclic amines) is 1. The molecule has 17 heavy (non-hydrogen) atoms. The van der Waals surface area contributed by atoms with Crippen molar-refractivity contribution >= 4 is 5.91 Å². The number of amides is 1. The number of aromatic nitrogens is 1. The molecule has 0 spiro atoms. The molecule has 0 saturated carbocycles. The second-order valence-electron chi connectivity index (χ2n) is 5.08. The highest BCUT2D eigenvalue weighted by atomic mass is 16.2. The summed E-state index contributed by atoms with van der Waals surface area (Å²) in [6.07, 6.45) is 1.68. The van der Waals surface area contributed by atoms with Gasteiger partial charge in [-0.15, -0.1) is 0 Å². The molecule has 1 aromatic rings. The van der Waals surface area contributed by atoms with Crippen molar-refractivity contribution in [3.63, 3.8) is 0 Å². The van der Waals surface area contributed by atoms with E-state index in [2.05, 4.69) is 10.3 Å². The maximum Gasteiger partial charge on any atom is 0.255 e. The van der Waals surface area contributed by atoms with Crippen LogP contribution in [0.4, 0.5) is 0 Å². The molecule has 0 radical (unpaired) electrons. The molecule has 2 aliphatic rings. The van der Waals surface area contributed by atoms with E-state index in [1.807, 2.05) is 24.0 Å². The zero-order chi connectivity index (χ0) is 11.8. The number of hydrogen-bond donors (Lipinski definition) is 1. The predicted molar refractivity (Wildman–Crippen MR) is 64.7 cm³/mol. The van der Waals surface area contributed by atoms with Gasteiger partial charge in [-0.25, -0.2) is 0 Å². The van der Waals surface area contributed by atoms with E-state index in [4.69, 9.17) is 0 Å². The van der Waals surface area contributed by atoms with Crippen molar-refractivity contribution in [1.82, 2.24) is 15.2 Å². The lowest BCUT2D eigenvalue weighted by Gasteiger charge is -2.17. The summed E-state index contributed by atoms with van der Waals surface area (Å²) in [5.41, 5.74) is 1.66. The summed E-state index contributed by atoms with van der Waals surface area (Å²) in [4.78, 5) is 18.4. The summed E-state index contributed by atoms with van der Waals surface area (Å²) in [7, 11) is 0. The van der Waals surface area contributed by atoms with E-state index in [1.54, 1.807) is 6.20 Å². The van der Waals surface area contributed by atoms with Crippen LogP contribution < -0.4 is 5.32 Å². The van der Waals surface area contributed by atoms with E-state index in [9.17, 15) is 4.79 Å². The van der Waals surface area contributed by atoms with Crippen LogP contribution in [-0.2, 0) is 0 Å². The molecule has 2 aliphatic heterocycles. The third-order valence-corrected chi connectivity index (χ3v) is 3.84. The minimum atomic E-state index is 0.131. The maximum atomic E-state index is 12.3. The summed E-state index contributed by atoms with van der Waals surface area (Å²) in [5.74, 6) is 1.43. The van der Waals surface area contributed by atoms with Crippen molar-refractivity contribution < 1.29 is 4.79 Å². The Hall–Kier alpha value is -1.42. The first-order chi connectivity index (χ1) is 8.24. The van der Waals surface area contributed by atoms with Gasteiger partial charge in [-0.05, 0) is 30.9 Å². The predicted octanol–water partition coefficient (Wildman–Crippen LogP) is 0.681. The van der Waals surface area contributed by atoms with Crippen LogP contribution in [0.1, 0.15) is 16.1 Å². The molecule has 0 aliphatic carbocycles. The van der Waals surface area contributed by atoms with Gasteiger partial charge in [0.15, 0.2) is 0 Å². The second-order valence-corrected chi connectivity index (χ2v) is 5.08. The van der Waals surface area contributed by atoms with Gasteiger partial charge in [-0.3, -0.25) is 9.78 Å². The molecular weight excluding hydrogens is 214 g/mol. The zero-order valence-corrected chi connectivity index (χ0v) is 10.0. The smallest absolute Gasteiger partial charge is 0.255 e. The summed E-state index contributed by atoms with van der Waals surface area (Å²) in [6.45, 7) is 5.83. The van der Waals surface area contributed by atoms with Gasteiger partial charge in [0.1, 0.15) is 0 Å². The molecule has 4 heteroatoms. The number of rotatable bonds is 1. The first-order valence-electron chi connectivity index (χ1n) is 6.16. The fourth-order valence-corrected chi connectivity index (χ4v) is 2.80. The summed E-state index contributed by atoms with van der Waals surface area (Å²) in [5, 5.41) is 3.38. The molecule has 1 N–H and O–H groups in total. The Labute approximate surface area is 101 Å². The molecule has 2 atom stereocenters. The summed E-state index contributed by atoms with van der Waals surface area (Å²) >= 11 is 0. The van der Waals surface area contributed by atoms with Crippen molar-refractivity contribution in [1.29, 1.82) is 0 Å². The van der Waals surface area contributed by atoms with Crippen molar-refractivity contribution in [2.75, 3.05) is 26.2 Å². The van der Waals surface area contributed by atoms with E-state index in [0.29, 0.717) is 17.4 Å². The van der Waals surface area contributed by atoms with Crippen molar-refractivity contribution in [2.45, 2.75) is 6.92 Å². The summed E-state index contributed by atoms with van der Waals surface area (Å²) in [6, 6.07) is 3.77. The Bertz CT molecular complexity index is 417. The van der Waals surface area contributed by atoms with E-state index in [1.165, 1.54) is 0 Å². The van der Waals surface area contributed by atoms with Crippen LogP contribution in [0.5, 0.6) is 0 Å². The quantitative estimate of drug-likeness (QED) is 0.773. The molecule has 2 fully saturated rings. The summed E-state index contributed by atoms with van der Waals surface area (Å²) < 4.78 is 0. The SMILES string of the molecule is Cc1ccc(C(=O)N2C[C@H]3CNC[C@H]3C2)cn1. The van der Waals surface area contributed by atoms with E-state index < -0.39 is 0 Å². The Kier molecular flexibility index (Phi) is 2.59. The number of fused-ring (bicyclic) bond motifs is 1. The Morgan fingerprint density at radius 1 is 1.35 bits per heavy atom. The Morgan fingerprint density at radius 3 is 2.65 bits per heavy atom. The molecule has 3 rings (SSSR count). The number of nitrogens with zero attached hydrogens (tertiary/aromatic N) is 2. The molecule has 0 unspecified atom stereocenters. The van der Waals surface area contributed by atoms with Gasteiger partial charge in [0, 0.05) is 38.1 Å². The fourth-order valence-electron chi connectivity index (χ4n) is 2.80. The van der Waals surface area contributed by atoms with Crippen LogP contribution in [-0.4, -0.2) is 42.0 Å². The number of hydrogen-bond acceptors (Lipinski definition) is 3. The monoisotopic (exact) mass is 231 g/mol. The van der Waals surface area contributed by atoms with Crippen LogP contribution in [0.2, 0.25) is 0 Å². The first-order valence-corrected chi connectivity index (χ1v) is 6.16. The van der Waals surface area contributed by atoms with Gasteiger partial charge in [-0.2, -0.15) is 0 Å². The lowest BCUT2D eigenvalue weighted by atomic mass is 10.0. The van der Waals surface area contributed by atoms with Gasteiger partial charge in [0.05, 0.1) is 5.56 Å². The molecule has 0 aromatic carbocycles. The van der Waals surface area contributed by atoms with Crippen LogP contribution in [0.3, 0.4) is 0 Å². The van der Waals surface area contributed by atoms with Crippen molar-refractivity contribution in [3.8, 4) is 0 Å². The number of carbonyl (C=O) groups is 1. The topological polar surface area (TPSA) is 45.2 Å². The number of carbonyl (C=O) groups excluding carboxylic acids is 1. The average molecular weight is 231 g/mol. The molecular formula is C13H17N3O. The van der Waals surface area contributed by atoms with Crippen LogP contribution in [0, 0.1) is 18.8 Å². The van der Waals surface area contributed by atoms with Gasteiger partial charge < -0.3 is 10.2 Å². The number of nitrogens with one attached hydrogen (secondary N) is 1. The first kappa shape index (κ1) is 10.7. The highest BCUT2D eigenvalue weighted by Crippen LogP contribution is 2.27. The van der Waals surface area contributed by atoms with Crippen LogP contribution in [0.15, 0.2) is 18.3 Å². The third kappa shape index (κ3) is 1.93. The second kappa shape index (κ2) is 4.11. The van der Waals surface area contributed by atoms with Crippen molar-refractivity contribution in [2.24, 2.45) is 11.8 Å². The third-order valence-electron chi connectivity index (χ3n) is 3.84. The Morgan fingerprint density at radius 2 is 2.06 bits per heavy atom. The average Bonchev–Trinajstić information content (AvgIpc) is 2.89. The van der Waals surface area contributed by atoms with E-state index in [0.717, 1.165) is 31.9 Å². The molecule has 90 valence electrons. The highest BCUT2D eigenvalue weighted by molar-refractivity contribution is 5.94. The van der Waals surface area contributed by atoms with Gasteiger partial charge in [0.2, 0.25) is 0 Å². The highest BCUT2D eigenvalue weighted by Gasteiger charge is 2.38. The fraction of sp³-hybridized carbons (Fsp3) is 0.538. The zero-order valence-electron chi connectivity index (χ0n) is 10.0. The normalized spacial score (nSPS) is 27.2. The molecule has 0 bridgehead atoms. The molecule has 4 nitrogen and oxygen atoms in total. The minimum Gasteiger partial charge on any atom is -0.338 e. The van der Waals surface area contributed by atoms with Crippen LogP contribution in [0.25, 0.3) is 0 Å². The molecule has 3 heterocycles. The number of aryl methyl sites for hydroxylation is 1. The van der Waals surface area contributed by atoms with Gasteiger partial charge >= 0.3 is 0 Å². The van der Waals surface area contributed by atoms with E-state index in [-0.39, 0.29) is 5.91 Å². The Balaban J connectivity index is 1.73. The molecule has 2 saturated heterocycles. The maximum absolute atomic E-state index is 12.3. The number of pyridine rings is 1. The molecule has 1 aromatic heterocycles.